The van der Waals surface area contributed by atoms with Gasteiger partial charge in [0, 0.05) is 19.0 Å². The van der Waals surface area contributed by atoms with Crippen molar-refractivity contribution in [3.8, 4) is 0 Å². The van der Waals surface area contributed by atoms with Gasteiger partial charge in [-0.15, -0.1) is 0 Å². The van der Waals surface area contributed by atoms with Gasteiger partial charge in [-0.2, -0.15) is 0 Å². The maximum absolute atomic E-state index is 12.2. The Balaban J connectivity index is 4.49. The van der Waals surface area contributed by atoms with E-state index >= 15 is 0 Å². The zero-order valence-corrected chi connectivity index (χ0v) is 13.2. The van der Waals surface area contributed by atoms with Crippen molar-refractivity contribution in [2.24, 2.45) is 5.92 Å². The highest BCUT2D eigenvalue weighted by molar-refractivity contribution is 5.76. The summed E-state index contributed by atoms with van der Waals surface area (Å²) < 4.78 is 0. The molecule has 0 spiro atoms. The van der Waals surface area contributed by atoms with E-state index in [9.17, 15) is 4.79 Å². The van der Waals surface area contributed by atoms with Gasteiger partial charge in [-0.25, -0.2) is 0 Å². The Hall–Kier alpha value is -0.530. The monoisotopic (exact) mass is 255 g/mol. The summed E-state index contributed by atoms with van der Waals surface area (Å²) in [5, 5.41) is 0. The van der Waals surface area contributed by atoms with E-state index in [2.05, 4.69) is 39.5 Å². The fourth-order valence-corrected chi connectivity index (χ4v) is 2.30. The predicted octanol–water partition coefficient (Wildman–Crippen LogP) is 4.63. The molecule has 2 nitrogen and oxygen atoms in total. The third-order valence-corrected chi connectivity index (χ3v) is 3.91. The highest BCUT2D eigenvalue weighted by Gasteiger charge is 2.21. The Kier molecular flexibility index (Phi) is 10.1. The van der Waals surface area contributed by atoms with Crippen LogP contribution in [0.2, 0.25) is 0 Å². The van der Waals surface area contributed by atoms with Crippen LogP contribution in [0.4, 0.5) is 0 Å². The minimum absolute atomic E-state index is 0.349. The van der Waals surface area contributed by atoms with Crippen LogP contribution in [0, 0.1) is 5.92 Å². The highest BCUT2D eigenvalue weighted by Crippen LogP contribution is 2.18. The van der Waals surface area contributed by atoms with E-state index in [1.807, 2.05) is 0 Å². The van der Waals surface area contributed by atoms with Crippen molar-refractivity contribution in [1.29, 1.82) is 0 Å². The molecule has 0 saturated heterocycles. The average Bonchev–Trinajstić information content (AvgIpc) is 2.38. The van der Waals surface area contributed by atoms with Gasteiger partial charge in [0.1, 0.15) is 0 Å². The lowest BCUT2D eigenvalue weighted by Crippen LogP contribution is -2.41. The van der Waals surface area contributed by atoms with Crippen molar-refractivity contribution in [3.63, 3.8) is 0 Å². The molecule has 0 aliphatic carbocycles. The first kappa shape index (κ1) is 17.5. The van der Waals surface area contributed by atoms with Crippen LogP contribution in [-0.2, 0) is 4.79 Å². The van der Waals surface area contributed by atoms with Gasteiger partial charge in [0.25, 0.3) is 0 Å². The van der Waals surface area contributed by atoms with Crippen LogP contribution in [0.5, 0.6) is 0 Å². The van der Waals surface area contributed by atoms with Gasteiger partial charge in [0.15, 0.2) is 0 Å². The van der Waals surface area contributed by atoms with Crippen molar-refractivity contribution in [2.75, 3.05) is 6.54 Å². The molecular formula is C16H33NO. The zero-order valence-electron chi connectivity index (χ0n) is 13.2. The Morgan fingerprint density at radius 2 is 1.72 bits per heavy atom. The third-order valence-electron chi connectivity index (χ3n) is 3.91. The summed E-state index contributed by atoms with van der Waals surface area (Å²) >= 11 is 0. The largest absolute Gasteiger partial charge is 0.340 e. The number of carbonyl (C=O) groups excluding carboxylic acids is 1. The molecule has 2 unspecified atom stereocenters. The van der Waals surface area contributed by atoms with Gasteiger partial charge in [-0.3, -0.25) is 4.79 Å². The fourth-order valence-electron chi connectivity index (χ4n) is 2.30. The molecular weight excluding hydrogens is 222 g/mol. The van der Waals surface area contributed by atoms with Gasteiger partial charge in [-0.1, -0.05) is 47.0 Å². The summed E-state index contributed by atoms with van der Waals surface area (Å²) in [4.78, 5) is 14.3. The van der Waals surface area contributed by atoms with E-state index < -0.39 is 0 Å². The molecule has 0 radical (unpaired) electrons. The maximum Gasteiger partial charge on any atom is 0.222 e. The molecule has 18 heavy (non-hydrogen) atoms. The van der Waals surface area contributed by atoms with Gasteiger partial charge >= 0.3 is 0 Å². The van der Waals surface area contributed by atoms with Gasteiger partial charge in [0.2, 0.25) is 5.91 Å². The summed E-state index contributed by atoms with van der Waals surface area (Å²) in [6.07, 6.45) is 7.70. The topological polar surface area (TPSA) is 20.3 Å². The number of nitrogens with zero attached hydrogens (tertiary/aromatic N) is 1. The maximum atomic E-state index is 12.2. The van der Waals surface area contributed by atoms with Crippen molar-refractivity contribution in [2.45, 2.75) is 85.6 Å². The summed E-state index contributed by atoms with van der Waals surface area (Å²) in [5.41, 5.74) is 0. The lowest BCUT2D eigenvalue weighted by Gasteiger charge is -2.32. The standard InChI is InChI=1S/C16H33NO/c1-6-10-12-15(9-4)13-17(14(5)8-3)16(18)11-7-2/h14-15H,6-13H2,1-5H3. The number of carbonyl (C=O) groups is 1. The van der Waals surface area contributed by atoms with Crippen LogP contribution >= 0.6 is 0 Å². The van der Waals surface area contributed by atoms with Crippen molar-refractivity contribution >= 4 is 5.91 Å². The second-order valence-corrected chi connectivity index (χ2v) is 5.47. The van der Waals surface area contributed by atoms with Crippen LogP contribution in [0.25, 0.3) is 0 Å². The molecule has 1 amide bonds. The Bertz CT molecular complexity index is 215. The van der Waals surface area contributed by atoms with Crippen molar-refractivity contribution in [3.05, 3.63) is 0 Å². The molecule has 2 atom stereocenters. The molecule has 0 fully saturated rings. The first-order valence-electron chi connectivity index (χ1n) is 7.89. The molecule has 0 aromatic heterocycles. The van der Waals surface area contributed by atoms with E-state index in [0.29, 0.717) is 24.3 Å². The molecule has 0 bridgehead atoms. The van der Waals surface area contributed by atoms with E-state index in [4.69, 9.17) is 0 Å². The molecule has 0 aliphatic rings. The minimum atomic E-state index is 0.349. The van der Waals surface area contributed by atoms with Crippen LogP contribution in [0.3, 0.4) is 0 Å². The molecule has 0 saturated carbocycles. The Labute approximate surface area is 114 Å². The number of hydrogen-bond donors (Lipinski definition) is 0. The van der Waals surface area contributed by atoms with E-state index in [-0.39, 0.29) is 0 Å². The molecule has 0 heterocycles. The highest BCUT2D eigenvalue weighted by atomic mass is 16.2. The lowest BCUT2D eigenvalue weighted by atomic mass is 9.97. The van der Waals surface area contributed by atoms with E-state index in [1.165, 1.54) is 25.7 Å². The lowest BCUT2D eigenvalue weighted by molar-refractivity contribution is -0.134. The van der Waals surface area contributed by atoms with Crippen LogP contribution in [0.1, 0.15) is 79.6 Å². The smallest absolute Gasteiger partial charge is 0.222 e. The second-order valence-electron chi connectivity index (χ2n) is 5.47. The average molecular weight is 255 g/mol. The summed E-state index contributed by atoms with van der Waals surface area (Å²) in [6, 6.07) is 0.389. The van der Waals surface area contributed by atoms with E-state index in [0.717, 1.165) is 19.4 Å². The number of rotatable bonds is 10. The molecule has 0 N–H and O–H groups in total. The molecule has 2 heteroatoms. The first-order chi connectivity index (χ1) is 8.60. The molecule has 108 valence electrons. The van der Waals surface area contributed by atoms with E-state index in [1.54, 1.807) is 0 Å². The summed E-state index contributed by atoms with van der Waals surface area (Å²) in [6.45, 7) is 11.9. The molecule has 0 aliphatic heterocycles. The second kappa shape index (κ2) is 10.4. The Morgan fingerprint density at radius 1 is 1.06 bits per heavy atom. The number of unbranched alkanes of at least 4 members (excludes halogenated alkanes) is 1. The fraction of sp³-hybridized carbons (Fsp3) is 0.938. The van der Waals surface area contributed by atoms with Gasteiger partial charge < -0.3 is 4.90 Å². The molecule has 0 rings (SSSR count). The van der Waals surface area contributed by atoms with Crippen LogP contribution < -0.4 is 0 Å². The normalized spacial score (nSPS) is 14.3. The SMILES string of the molecule is CCCCC(CC)CN(C(=O)CCC)C(C)CC. The number of amides is 1. The predicted molar refractivity (Wildman–Crippen MR) is 79.7 cm³/mol. The summed E-state index contributed by atoms with van der Waals surface area (Å²) in [5.74, 6) is 1.03. The van der Waals surface area contributed by atoms with Crippen LogP contribution in [-0.4, -0.2) is 23.4 Å². The molecule has 0 aromatic rings. The first-order valence-corrected chi connectivity index (χ1v) is 7.89. The van der Waals surface area contributed by atoms with Gasteiger partial charge in [-0.05, 0) is 32.1 Å². The Morgan fingerprint density at radius 3 is 2.17 bits per heavy atom. The quantitative estimate of drug-likeness (QED) is 0.557. The third kappa shape index (κ3) is 6.42. The van der Waals surface area contributed by atoms with Crippen molar-refractivity contribution in [1.82, 2.24) is 4.90 Å². The number of hydrogen-bond acceptors (Lipinski definition) is 1. The minimum Gasteiger partial charge on any atom is -0.340 e. The van der Waals surface area contributed by atoms with Crippen molar-refractivity contribution < 1.29 is 4.79 Å². The van der Waals surface area contributed by atoms with Crippen LogP contribution in [0.15, 0.2) is 0 Å². The zero-order chi connectivity index (χ0) is 14.0. The summed E-state index contributed by atoms with van der Waals surface area (Å²) in [7, 11) is 0. The van der Waals surface area contributed by atoms with Gasteiger partial charge in [0.05, 0.1) is 0 Å². The molecule has 0 aromatic carbocycles.